The van der Waals surface area contributed by atoms with Crippen LogP contribution in [0.4, 0.5) is 5.95 Å². The lowest BCUT2D eigenvalue weighted by Crippen LogP contribution is -2.12. The maximum atomic E-state index is 12.5. The molecule has 4 aromatic rings. The van der Waals surface area contributed by atoms with Gasteiger partial charge in [-0.1, -0.05) is 54.6 Å². The van der Waals surface area contributed by atoms with Crippen molar-refractivity contribution in [2.45, 2.75) is 0 Å². The molecule has 0 aliphatic rings. The molecule has 0 atom stereocenters. The van der Waals surface area contributed by atoms with Gasteiger partial charge >= 0.3 is 0 Å². The first kappa shape index (κ1) is 17.5. The van der Waals surface area contributed by atoms with Crippen LogP contribution in [0.15, 0.2) is 78.9 Å². The molecule has 138 valence electrons. The highest BCUT2D eigenvalue weighted by atomic mass is 16.5. The van der Waals surface area contributed by atoms with Crippen LogP contribution in [-0.2, 0) is 0 Å². The molecule has 0 fully saturated rings. The molecule has 3 aromatic carbocycles. The molecule has 6 nitrogen and oxygen atoms in total. The minimum absolute atomic E-state index is 0.207. The summed E-state index contributed by atoms with van der Waals surface area (Å²) >= 11 is 0. The highest BCUT2D eigenvalue weighted by Crippen LogP contribution is 2.27. The topological polar surface area (TPSA) is 79.9 Å². The Kier molecular flexibility index (Phi) is 4.84. The Morgan fingerprint density at radius 3 is 2.32 bits per heavy atom. The predicted octanol–water partition coefficient (Wildman–Crippen LogP) is 4.40. The molecule has 28 heavy (non-hydrogen) atoms. The van der Waals surface area contributed by atoms with Crippen LogP contribution in [0.1, 0.15) is 10.4 Å². The van der Waals surface area contributed by atoms with Gasteiger partial charge in [0.25, 0.3) is 5.91 Å². The first-order valence-corrected chi connectivity index (χ1v) is 8.77. The number of hydrogen-bond acceptors (Lipinski definition) is 4. The number of H-pyrrole nitrogens is 1. The number of rotatable bonds is 5. The number of benzene rings is 3. The van der Waals surface area contributed by atoms with Crippen LogP contribution in [0, 0.1) is 0 Å². The van der Waals surface area contributed by atoms with Crippen LogP contribution >= 0.6 is 0 Å². The van der Waals surface area contributed by atoms with Gasteiger partial charge in [0.2, 0.25) is 5.95 Å². The van der Waals surface area contributed by atoms with E-state index in [1.54, 1.807) is 19.2 Å². The van der Waals surface area contributed by atoms with E-state index < -0.39 is 0 Å². The number of carbonyl (C=O) groups excluding carboxylic acids is 1. The first-order chi connectivity index (χ1) is 13.7. The fourth-order valence-electron chi connectivity index (χ4n) is 2.90. The predicted molar refractivity (Wildman–Crippen MR) is 108 cm³/mol. The molecule has 4 rings (SSSR count). The summed E-state index contributed by atoms with van der Waals surface area (Å²) in [6.07, 6.45) is 0. The lowest BCUT2D eigenvalue weighted by atomic mass is 10.0. The van der Waals surface area contributed by atoms with Crippen LogP contribution in [-0.4, -0.2) is 28.2 Å². The van der Waals surface area contributed by atoms with E-state index >= 15 is 0 Å². The molecular formula is C22H18N4O2. The summed E-state index contributed by atoms with van der Waals surface area (Å²) in [6, 6.07) is 24.9. The van der Waals surface area contributed by atoms with Crippen LogP contribution < -0.4 is 10.1 Å². The van der Waals surface area contributed by atoms with Gasteiger partial charge in [-0.25, -0.2) is 0 Å². The van der Waals surface area contributed by atoms with Crippen molar-refractivity contribution in [1.29, 1.82) is 0 Å². The number of para-hydroxylation sites is 1. The number of methoxy groups -OCH3 is 1. The molecule has 0 aliphatic carbocycles. The van der Waals surface area contributed by atoms with E-state index in [2.05, 4.69) is 20.5 Å². The van der Waals surface area contributed by atoms with E-state index in [1.165, 1.54) is 0 Å². The van der Waals surface area contributed by atoms with Gasteiger partial charge in [0, 0.05) is 5.56 Å². The lowest BCUT2D eigenvalue weighted by Gasteiger charge is -2.05. The molecule has 1 amide bonds. The van der Waals surface area contributed by atoms with Crippen molar-refractivity contribution in [3.8, 4) is 28.3 Å². The van der Waals surface area contributed by atoms with Gasteiger partial charge in [-0.05, 0) is 35.4 Å². The highest BCUT2D eigenvalue weighted by molar-refractivity contribution is 6.03. The van der Waals surface area contributed by atoms with Crippen molar-refractivity contribution in [1.82, 2.24) is 15.2 Å². The number of carbonyl (C=O) groups is 1. The zero-order valence-electron chi connectivity index (χ0n) is 15.2. The molecule has 0 saturated carbocycles. The number of anilines is 1. The van der Waals surface area contributed by atoms with Crippen molar-refractivity contribution < 1.29 is 9.53 Å². The van der Waals surface area contributed by atoms with Gasteiger partial charge in [-0.2, -0.15) is 4.98 Å². The summed E-state index contributed by atoms with van der Waals surface area (Å²) in [6.45, 7) is 0. The second-order valence-corrected chi connectivity index (χ2v) is 6.11. The maximum absolute atomic E-state index is 12.5. The molecule has 0 bridgehead atoms. The zero-order valence-corrected chi connectivity index (χ0v) is 15.2. The van der Waals surface area contributed by atoms with Crippen molar-refractivity contribution in [3.05, 3.63) is 84.4 Å². The average molecular weight is 370 g/mol. The Balaban J connectivity index is 1.49. The smallest absolute Gasteiger partial charge is 0.258 e. The van der Waals surface area contributed by atoms with E-state index in [1.807, 2.05) is 66.7 Å². The Labute approximate surface area is 162 Å². The maximum Gasteiger partial charge on any atom is 0.258 e. The van der Waals surface area contributed by atoms with Crippen molar-refractivity contribution in [2.24, 2.45) is 0 Å². The molecule has 2 N–H and O–H groups in total. The summed E-state index contributed by atoms with van der Waals surface area (Å²) < 4.78 is 5.33. The molecular weight excluding hydrogens is 352 g/mol. The number of nitrogens with one attached hydrogen (secondary N) is 2. The second-order valence-electron chi connectivity index (χ2n) is 6.11. The third-order valence-electron chi connectivity index (χ3n) is 4.33. The highest BCUT2D eigenvalue weighted by Gasteiger charge is 2.13. The van der Waals surface area contributed by atoms with E-state index in [0.29, 0.717) is 17.1 Å². The van der Waals surface area contributed by atoms with Crippen LogP contribution in [0.5, 0.6) is 5.75 Å². The fourth-order valence-corrected chi connectivity index (χ4v) is 2.90. The summed E-state index contributed by atoms with van der Waals surface area (Å²) in [4.78, 5) is 16.8. The average Bonchev–Trinajstić information content (AvgIpc) is 3.22. The molecule has 1 aromatic heterocycles. The molecule has 0 unspecified atom stereocenters. The van der Waals surface area contributed by atoms with Crippen molar-refractivity contribution in [3.63, 3.8) is 0 Å². The van der Waals surface area contributed by atoms with Crippen LogP contribution in [0.25, 0.3) is 22.5 Å². The SMILES string of the molecule is COc1ccccc1-c1nc(NC(=O)c2ccc(-c3ccccc3)cc2)n[nH]1. The zero-order chi connectivity index (χ0) is 19.3. The Bertz CT molecular complexity index is 1090. The minimum atomic E-state index is -0.273. The van der Waals surface area contributed by atoms with Gasteiger partial charge in [0.15, 0.2) is 5.82 Å². The van der Waals surface area contributed by atoms with Gasteiger partial charge in [-0.3, -0.25) is 15.2 Å². The number of amides is 1. The molecule has 1 heterocycles. The third-order valence-corrected chi connectivity index (χ3v) is 4.33. The third kappa shape index (κ3) is 3.61. The van der Waals surface area contributed by atoms with Crippen LogP contribution in [0.2, 0.25) is 0 Å². The lowest BCUT2D eigenvalue weighted by molar-refractivity contribution is 0.102. The van der Waals surface area contributed by atoms with Crippen molar-refractivity contribution in [2.75, 3.05) is 12.4 Å². The number of ether oxygens (including phenoxy) is 1. The fraction of sp³-hybridized carbons (Fsp3) is 0.0455. The Morgan fingerprint density at radius 2 is 1.57 bits per heavy atom. The molecule has 0 saturated heterocycles. The Morgan fingerprint density at radius 1 is 0.893 bits per heavy atom. The number of hydrogen-bond donors (Lipinski definition) is 2. The standard InChI is InChI=1S/C22H18N4O2/c1-28-19-10-6-5-9-18(19)20-23-22(26-25-20)24-21(27)17-13-11-16(12-14-17)15-7-3-2-4-8-15/h2-14H,1H3,(H2,23,24,25,26,27). The van der Waals surface area contributed by atoms with E-state index in [0.717, 1.165) is 16.7 Å². The number of aromatic amines is 1. The summed E-state index contributed by atoms with van der Waals surface area (Å²) in [5.74, 6) is 1.13. The molecule has 0 spiro atoms. The van der Waals surface area contributed by atoms with Gasteiger partial charge in [0.1, 0.15) is 5.75 Å². The minimum Gasteiger partial charge on any atom is -0.496 e. The van der Waals surface area contributed by atoms with Gasteiger partial charge < -0.3 is 4.74 Å². The molecule has 0 aliphatic heterocycles. The number of nitrogens with zero attached hydrogens (tertiary/aromatic N) is 2. The van der Waals surface area contributed by atoms with Crippen molar-refractivity contribution >= 4 is 11.9 Å². The first-order valence-electron chi connectivity index (χ1n) is 8.77. The number of aromatic nitrogens is 3. The van der Waals surface area contributed by atoms with Crippen LogP contribution in [0.3, 0.4) is 0 Å². The van der Waals surface area contributed by atoms with E-state index in [4.69, 9.17) is 4.74 Å². The van der Waals surface area contributed by atoms with E-state index in [9.17, 15) is 4.79 Å². The molecule has 0 radical (unpaired) electrons. The monoisotopic (exact) mass is 370 g/mol. The second kappa shape index (κ2) is 7.75. The molecule has 6 heteroatoms. The largest absolute Gasteiger partial charge is 0.496 e. The summed E-state index contributed by atoms with van der Waals surface area (Å²) in [7, 11) is 1.59. The van der Waals surface area contributed by atoms with E-state index in [-0.39, 0.29) is 11.9 Å². The van der Waals surface area contributed by atoms with Gasteiger partial charge in [0.05, 0.1) is 12.7 Å². The summed E-state index contributed by atoms with van der Waals surface area (Å²) in [5, 5.41) is 9.62. The van der Waals surface area contributed by atoms with Gasteiger partial charge in [-0.15, -0.1) is 5.10 Å². The normalized spacial score (nSPS) is 10.5. The Hall–Kier alpha value is -3.93. The quantitative estimate of drug-likeness (QED) is 0.546. The summed E-state index contributed by atoms with van der Waals surface area (Å²) in [5.41, 5.74) is 3.45.